The third-order valence-corrected chi connectivity index (χ3v) is 17.2. The molecule has 0 bridgehead atoms. The fraction of sp³-hybridized carbons (Fsp3) is 0.415. The smallest absolute Gasteiger partial charge is 0.364 e. The van der Waals surface area contributed by atoms with Gasteiger partial charge in [-0.3, -0.25) is 28.8 Å². The Bertz CT molecular complexity index is 3320. The molecule has 2 aliphatic heterocycles. The van der Waals surface area contributed by atoms with Gasteiger partial charge in [-0.05, 0) is 89.1 Å². The molecule has 2 aliphatic rings. The van der Waals surface area contributed by atoms with Gasteiger partial charge in [-0.2, -0.15) is 11.8 Å². The first-order chi connectivity index (χ1) is 44.5. The Labute approximate surface area is 544 Å². The number of rotatable bonds is 33. The second kappa shape index (κ2) is 34.9. The van der Waals surface area contributed by atoms with Crippen molar-refractivity contribution in [1.82, 2.24) is 31.9 Å². The number of nitrogens with one attached hydrogen (secondary N) is 6. The monoisotopic (exact) mass is 1330 g/mol. The van der Waals surface area contributed by atoms with E-state index in [2.05, 4.69) is 31.9 Å². The number of amides is 6. The Morgan fingerprint density at radius 1 is 0.495 bits per heavy atom. The van der Waals surface area contributed by atoms with Crippen LogP contribution in [-0.4, -0.2) is 217 Å². The van der Waals surface area contributed by atoms with Crippen LogP contribution in [0.4, 0.5) is 0 Å². The van der Waals surface area contributed by atoms with Crippen molar-refractivity contribution in [2.24, 2.45) is 0 Å². The van der Waals surface area contributed by atoms with E-state index in [1.54, 1.807) is 48.5 Å². The number of thioether (sulfide) groups is 2. The number of carboxylic acids is 2. The molecule has 14 N–H and O–H groups in total. The number of aliphatic hydroxyl groups is 6. The summed E-state index contributed by atoms with van der Waals surface area (Å²) in [6.07, 6.45) is -15.0. The van der Waals surface area contributed by atoms with Gasteiger partial charge in [-0.1, -0.05) is 91.0 Å². The van der Waals surface area contributed by atoms with Crippen LogP contribution in [0.15, 0.2) is 133 Å². The number of aliphatic hydroxyl groups excluding tert-OH is 6. The van der Waals surface area contributed by atoms with Crippen molar-refractivity contribution in [3.05, 3.63) is 156 Å². The summed E-state index contributed by atoms with van der Waals surface area (Å²) in [5.41, 5.74) is 4.53. The highest BCUT2D eigenvalue weighted by atomic mass is 32.2. The van der Waals surface area contributed by atoms with Gasteiger partial charge in [0.1, 0.15) is 24.4 Å². The topological polar surface area (TPSA) is 408 Å². The molecule has 0 radical (unpaired) electrons. The van der Waals surface area contributed by atoms with E-state index >= 15 is 0 Å². The quantitative estimate of drug-likeness (QED) is 0.0211. The molecule has 2 heterocycles. The van der Waals surface area contributed by atoms with Crippen molar-refractivity contribution in [1.29, 1.82) is 0 Å². The van der Waals surface area contributed by atoms with Crippen LogP contribution >= 0.6 is 23.5 Å². The Morgan fingerprint density at radius 3 is 1.29 bits per heavy atom. The SMILES string of the molecule is CC(=O)N[C@H]1[C@H]([C@H](O)[C@H](O)CNC(=O)c2ccc(-c3ccccc3)cc2)O[C@@](OCCCSCCNC(=O)c2cccc(C(=O)NCSCCCO[C@]3(C(=O)O)C[C@H](O)[C@@H](NC(C)=O)[C@H]([C@H](O)[C@H](O)CNC(=O)c4ccc(-c5ccccc5)cc4)O3)c2)(C(=O)O)C[C@@H]1O. The first-order valence-electron chi connectivity index (χ1n) is 29.9. The standard InChI is InChI=1S/C65H78N6O20S2/c1-38(72)70-52-48(74)33-64(62(84)85,90-56(52)54(78)50(76)35-67-58(80)44-22-18-42(19-23-44)40-12-5-3-6-13-40)88-27-10-29-92-31-26-66-60(82)46-16-9-17-47(32-46)61(83)69-37-93-30-11-28-89-65(63(86)87)34-49(75)53(71-39(2)73)57(91-65)55(79)51(77)36-68-59(81)45-24-20-43(21-25-45)41-14-7-4-8-15-41/h3-9,12-25,32,48-57,74-79H,10-11,26-31,33-37H2,1-2H3,(H,66,82)(H,67,80)(H,68,81)(H,69,83)(H,70,72)(H,71,73)(H,84,85)(H,86,87)/t48-,49-,50+,51+,52+,53+,54+,55+,56+,57+,64+,65+/m0/s1. The average Bonchev–Trinajstić information content (AvgIpc) is 0.796. The maximum atomic E-state index is 13.1. The molecule has 0 spiro atoms. The Kier molecular flexibility index (Phi) is 27.2. The molecule has 5 aromatic carbocycles. The van der Waals surface area contributed by atoms with E-state index < -0.39 is 146 Å². The highest BCUT2D eigenvalue weighted by Gasteiger charge is 2.57. The maximum absolute atomic E-state index is 13.1. The van der Waals surface area contributed by atoms with E-state index in [1.165, 1.54) is 47.8 Å². The van der Waals surface area contributed by atoms with Crippen LogP contribution in [0, 0.1) is 0 Å². The van der Waals surface area contributed by atoms with Gasteiger partial charge in [-0.15, -0.1) is 11.8 Å². The zero-order chi connectivity index (χ0) is 67.2. The van der Waals surface area contributed by atoms with E-state index in [4.69, 9.17) is 18.9 Å². The van der Waals surface area contributed by atoms with Crippen LogP contribution in [-0.2, 0) is 38.1 Å². The lowest BCUT2D eigenvalue weighted by Crippen LogP contribution is -2.68. The van der Waals surface area contributed by atoms with Gasteiger partial charge in [0.15, 0.2) is 0 Å². The van der Waals surface area contributed by atoms with Crippen molar-refractivity contribution in [2.45, 2.75) is 112 Å². The third kappa shape index (κ3) is 20.3. The molecule has 6 amide bonds. The third-order valence-electron chi connectivity index (χ3n) is 15.2. The molecule has 0 unspecified atom stereocenters. The summed E-state index contributed by atoms with van der Waals surface area (Å²) < 4.78 is 23.2. The molecule has 28 heteroatoms. The number of aliphatic carboxylic acids is 2. The largest absolute Gasteiger partial charge is 0.477 e. The van der Waals surface area contributed by atoms with Crippen LogP contribution < -0.4 is 31.9 Å². The molecular weight excluding hydrogens is 1250 g/mol. The average molecular weight is 1330 g/mol. The summed E-state index contributed by atoms with van der Waals surface area (Å²) in [7, 11) is 0. The molecule has 93 heavy (non-hydrogen) atoms. The van der Waals surface area contributed by atoms with Crippen LogP contribution in [0.25, 0.3) is 22.3 Å². The molecule has 0 aliphatic carbocycles. The molecule has 2 fully saturated rings. The first kappa shape index (κ1) is 72.6. The van der Waals surface area contributed by atoms with Gasteiger partial charge in [0.05, 0.1) is 55.6 Å². The lowest BCUT2D eigenvalue weighted by molar-refractivity contribution is -0.310. The summed E-state index contributed by atoms with van der Waals surface area (Å²) in [4.78, 5) is 102. The zero-order valence-electron chi connectivity index (χ0n) is 51.0. The molecule has 7 rings (SSSR count). The van der Waals surface area contributed by atoms with Crippen molar-refractivity contribution in [2.75, 3.05) is 56.0 Å². The van der Waals surface area contributed by atoms with Gasteiger partial charge in [-0.25, -0.2) is 9.59 Å². The van der Waals surface area contributed by atoms with Crippen LogP contribution in [0.2, 0.25) is 0 Å². The highest BCUT2D eigenvalue weighted by molar-refractivity contribution is 7.99. The summed E-state index contributed by atoms with van der Waals surface area (Å²) in [5, 5.41) is 103. The predicted molar refractivity (Wildman–Crippen MR) is 341 cm³/mol. The first-order valence-corrected chi connectivity index (χ1v) is 32.2. The molecule has 0 saturated carbocycles. The normalized spacial score (nSPS) is 22.4. The summed E-state index contributed by atoms with van der Waals surface area (Å²) in [6, 6.07) is 35.5. The molecule has 12 atom stereocenters. The fourth-order valence-electron chi connectivity index (χ4n) is 10.4. The zero-order valence-corrected chi connectivity index (χ0v) is 52.6. The summed E-state index contributed by atoms with van der Waals surface area (Å²) in [5.74, 6) is -10.4. The number of ether oxygens (including phenoxy) is 4. The molecular formula is C65H78N6O20S2. The second-order valence-electron chi connectivity index (χ2n) is 22.1. The van der Waals surface area contributed by atoms with E-state index in [9.17, 15) is 79.2 Å². The second-order valence-corrected chi connectivity index (χ2v) is 24.4. The summed E-state index contributed by atoms with van der Waals surface area (Å²) >= 11 is 2.66. The van der Waals surface area contributed by atoms with Crippen LogP contribution in [0.5, 0.6) is 0 Å². The van der Waals surface area contributed by atoms with Gasteiger partial charge in [0, 0.05) is 74.3 Å². The molecule has 0 aromatic heterocycles. The minimum Gasteiger partial charge on any atom is -0.477 e. The number of carbonyl (C=O) groups excluding carboxylic acids is 6. The van der Waals surface area contributed by atoms with Gasteiger partial charge in [0.25, 0.3) is 35.2 Å². The Morgan fingerprint density at radius 2 is 0.882 bits per heavy atom. The van der Waals surface area contributed by atoms with Gasteiger partial charge >= 0.3 is 11.9 Å². The van der Waals surface area contributed by atoms with E-state index in [0.29, 0.717) is 17.3 Å². The number of carboxylic acid groups (broad SMARTS) is 2. The molecule has 500 valence electrons. The predicted octanol–water partition coefficient (Wildman–Crippen LogP) is 1.89. The lowest BCUT2D eigenvalue weighted by Gasteiger charge is -2.46. The fourth-order valence-corrected chi connectivity index (χ4v) is 11.9. The number of hydrogen-bond donors (Lipinski definition) is 14. The van der Waals surface area contributed by atoms with E-state index in [0.717, 1.165) is 36.1 Å². The van der Waals surface area contributed by atoms with E-state index in [1.807, 2.05) is 60.7 Å². The Balaban J connectivity index is 0.798. The number of hydrogen-bond acceptors (Lipinski definition) is 20. The molecule has 2 saturated heterocycles. The van der Waals surface area contributed by atoms with Crippen molar-refractivity contribution >= 4 is 70.9 Å². The van der Waals surface area contributed by atoms with Crippen molar-refractivity contribution in [3.63, 3.8) is 0 Å². The van der Waals surface area contributed by atoms with Crippen LogP contribution in [0.3, 0.4) is 0 Å². The minimum absolute atomic E-state index is 0.102. The van der Waals surface area contributed by atoms with Gasteiger partial charge in [0.2, 0.25) is 11.8 Å². The number of carbonyl (C=O) groups is 8. The molecule has 5 aromatic rings. The Hall–Kier alpha value is -7.84. The van der Waals surface area contributed by atoms with Crippen LogP contribution in [0.1, 0.15) is 81.0 Å². The van der Waals surface area contributed by atoms with Gasteiger partial charge < -0.3 is 91.7 Å². The maximum Gasteiger partial charge on any atom is 0.364 e. The van der Waals surface area contributed by atoms with Crippen molar-refractivity contribution in [3.8, 4) is 22.3 Å². The summed E-state index contributed by atoms with van der Waals surface area (Å²) in [6.45, 7) is 1.01. The molecule has 26 nitrogen and oxygen atoms in total. The highest BCUT2D eigenvalue weighted by Crippen LogP contribution is 2.36. The lowest BCUT2D eigenvalue weighted by atomic mass is 9.88. The minimum atomic E-state index is -2.53. The van der Waals surface area contributed by atoms with Crippen molar-refractivity contribution < 1.29 is 98.2 Å². The van der Waals surface area contributed by atoms with E-state index in [-0.39, 0.29) is 60.7 Å². The number of benzene rings is 5.